The zero-order chi connectivity index (χ0) is 13.3. The quantitative estimate of drug-likeness (QED) is 0.275. The van der Waals surface area contributed by atoms with Crippen LogP contribution in [0.3, 0.4) is 0 Å². The Morgan fingerprint density at radius 3 is 2.35 bits per heavy atom. The standard InChI is InChI=1S/C12H28N4O/c1-11(2)10-16(8-5-7-15(3)4)9-6-12(13)14-17/h11,17H,5-10H2,1-4H3,(H2,13,14). The molecule has 0 unspecified atom stereocenters. The summed E-state index contributed by atoms with van der Waals surface area (Å²) in [4.78, 5) is 4.57. The molecule has 0 bridgehead atoms. The number of hydrogen-bond acceptors (Lipinski definition) is 4. The molecule has 0 heterocycles. The molecule has 0 aromatic carbocycles. The number of amidine groups is 1. The average molecular weight is 244 g/mol. The Balaban J connectivity index is 3.96. The Morgan fingerprint density at radius 1 is 1.24 bits per heavy atom. The molecule has 0 rings (SSSR count). The van der Waals surface area contributed by atoms with Gasteiger partial charge in [0, 0.05) is 19.5 Å². The van der Waals surface area contributed by atoms with Crippen LogP contribution in [0, 0.1) is 5.92 Å². The molecule has 0 aromatic rings. The van der Waals surface area contributed by atoms with E-state index in [4.69, 9.17) is 10.9 Å². The summed E-state index contributed by atoms with van der Waals surface area (Å²) in [6, 6.07) is 0. The molecule has 0 atom stereocenters. The van der Waals surface area contributed by atoms with Gasteiger partial charge in [-0.05, 0) is 39.5 Å². The largest absolute Gasteiger partial charge is 0.409 e. The second-order valence-electron chi connectivity index (χ2n) is 5.19. The number of oxime groups is 1. The van der Waals surface area contributed by atoms with Crippen LogP contribution in [0.2, 0.25) is 0 Å². The lowest BCUT2D eigenvalue weighted by Crippen LogP contribution is -2.33. The second kappa shape index (κ2) is 9.24. The van der Waals surface area contributed by atoms with Gasteiger partial charge < -0.3 is 20.7 Å². The third-order valence-electron chi connectivity index (χ3n) is 2.52. The van der Waals surface area contributed by atoms with Gasteiger partial charge in [-0.2, -0.15) is 0 Å². The van der Waals surface area contributed by atoms with Gasteiger partial charge in [0.15, 0.2) is 0 Å². The van der Waals surface area contributed by atoms with Crippen molar-refractivity contribution in [3.8, 4) is 0 Å². The third kappa shape index (κ3) is 10.1. The van der Waals surface area contributed by atoms with Crippen LogP contribution in [0.4, 0.5) is 0 Å². The van der Waals surface area contributed by atoms with Gasteiger partial charge in [0.1, 0.15) is 5.84 Å². The van der Waals surface area contributed by atoms with E-state index in [1.165, 1.54) is 0 Å². The maximum atomic E-state index is 8.52. The van der Waals surface area contributed by atoms with Crippen molar-refractivity contribution in [2.45, 2.75) is 26.7 Å². The van der Waals surface area contributed by atoms with Gasteiger partial charge in [0.2, 0.25) is 0 Å². The fourth-order valence-corrected chi connectivity index (χ4v) is 1.74. The Kier molecular flexibility index (Phi) is 8.80. The zero-order valence-corrected chi connectivity index (χ0v) is 11.7. The summed E-state index contributed by atoms with van der Waals surface area (Å²) in [6.45, 7) is 8.51. The topological polar surface area (TPSA) is 65.1 Å². The highest BCUT2D eigenvalue weighted by molar-refractivity contribution is 5.79. The molecule has 3 N–H and O–H groups in total. The minimum Gasteiger partial charge on any atom is -0.409 e. The minimum atomic E-state index is 0.311. The van der Waals surface area contributed by atoms with Crippen molar-refractivity contribution >= 4 is 5.84 Å². The number of nitrogens with zero attached hydrogens (tertiary/aromatic N) is 3. The van der Waals surface area contributed by atoms with E-state index in [-0.39, 0.29) is 0 Å². The van der Waals surface area contributed by atoms with Gasteiger partial charge in [-0.3, -0.25) is 0 Å². The van der Waals surface area contributed by atoms with E-state index in [1.807, 2.05) is 0 Å². The van der Waals surface area contributed by atoms with Crippen LogP contribution in [0.5, 0.6) is 0 Å². The van der Waals surface area contributed by atoms with Crippen LogP contribution in [-0.2, 0) is 0 Å². The highest BCUT2D eigenvalue weighted by atomic mass is 16.4. The van der Waals surface area contributed by atoms with Crippen molar-refractivity contribution in [3.05, 3.63) is 0 Å². The molecule has 0 saturated carbocycles. The SMILES string of the molecule is CC(C)CN(CCCN(C)C)CCC(N)=NO. The van der Waals surface area contributed by atoms with Crippen molar-refractivity contribution in [2.24, 2.45) is 16.8 Å². The first-order valence-corrected chi connectivity index (χ1v) is 6.29. The number of nitrogens with two attached hydrogens (primary N) is 1. The first-order valence-electron chi connectivity index (χ1n) is 6.29. The zero-order valence-electron chi connectivity index (χ0n) is 11.7. The molecule has 0 fully saturated rings. The Labute approximate surface area is 105 Å². The van der Waals surface area contributed by atoms with Gasteiger partial charge >= 0.3 is 0 Å². The maximum absolute atomic E-state index is 8.52. The van der Waals surface area contributed by atoms with Crippen LogP contribution in [0.15, 0.2) is 5.16 Å². The number of rotatable bonds is 9. The van der Waals surface area contributed by atoms with E-state index in [0.29, 0.717) is 18.2 Å². The molecular weight excluding hydrogens is 216 g/mol. The Morgan fingerprint density at radius 2 is 1.88 bits per heavy atom. The summed E-state index contributed by atoms with van der Waals surface area (Å²) in [7, 11) is 4.17. The van der Waals surface area contributed by atoms with Gasteiger partial charge in [0.25, 0.3) is 0 Å². The van der Waals surface area contributed by atoms with Crippen molar-refractivity contribution < 1.29 is 5.21 Å². The van der Waals surface area contributed by atoms with Crippen molar-refractivity contribution in [2.75, 3.05) is 40.3 Å². The lowest BCUT2D eigenvalue weighted by atomic mass is 10.2. The van der Waals surface area contributed by atoms with Crippen LogP contribution in [-0.4, -0.2) is 61.1 Å². The molecule has 0 saturated heterocycles. The summed E-state index contributed by atoms with van der Waals surface area (Å²) in [6.07, 6.45) is 1.78. The van der Waals surface area contributed by atoms with Gasteiger partial charge in [0.05, 0.1) is 0 Å². The van der Waals surface area contributed by atoms with Crippen LogP contribution in [0.1, 0.15) is 26.7 Å². The van der Waals surface area contributed by atoms with Crippen LogP contribution < -0.4 is 5.73 Å². The summed E-state index contributed by atoms with van der Waals surface area (Å²) in [5, 5.41) is 11.5. The fourth-order valence-electron chi connectivity index (χ4n) is 1.74. The third-order valence-corrected chi connectivity index (χ3v) is 2.52. The Hall–Kier alpha value is -0.810. The van der Waals surface area contributed by atoms with E-state index >= 15 is 0 Å². The van der Waals surface area contributed by atoms with Crippen LogP contribution >= 0.6 is 0 Å². The van der Waals surface area contributed by atoms with Crippen molar-refractivity contribution in [1.82, 2.24) is 9.80 Å². The first-order chi connectivity index (χ1) is 7.95. The smallest absolute Gasteiger partial charge is 0.140 e. The van der Waals surface area contributed by atoms with Gasteiger partial charge in [-0.25, -0.2) is 0 Å². The van der Waals surface area contributed by atoms with Gasteiger partial charge in [-0.15, -0.1) is 0 Å². The molecule has 5 heteroatoms. The molecule has 0 aromatic heterocycles. The molecule has 0 aliphatic heterocycles. The molecular formula is C12H28N4O. The lowest BCUT2D eigenvalue weighted by molar-refractivity contribution is 0.234. The number of hydrogen-bond donors (Lipinski definition) is 2. The molecule has 0 aliphatic rings. The van der Waals surface area contributed by atoms with E-state index < -0.39 is 0 Å². The van der Waals surface area contributed by atoms with E-state index in [9.17, 15) is 0 Å². The Bertz CT molecular complexity index is 217. The normalized spacial score (nSPS) is 13.0. The summed E-state index contributed by atoms with van der Waals surface area (Å²) in [5.74, 6) is 0.952. The molecule has 102 valence electrons. The molecule has 5 nitrogen and oxygen atoms in total. The van der Waals surface area contributed by atoms with Crippen molar-refractivity contribution in [3.63, 3.8) is 0 Å². The predicted octanol–water partition coefficient (Wildman–Crippen LogP) is 1.03. The highest BCUT2D eigenvalue weighted by Crippen LogP contribution is 2.01. The fraction of sp³-hybridized carbons (Fsp3) is 0.917. The minimum absolute atomic E-state index is 0.311. The molecule has 0 spiro atoms. The van der Waals surface area contributed by atoms with Gasteiger partial charge in [-0.1, -0.05) is 19.0 Å². The van der Waals surface area contributed by atoms with E-state index in [0.717, 1.165) is 32.6 Å². The molecule has 0 radical (unpaired) electrons. The summed E-state index contributed by atoms with van der Waals surface area (Å²) >= 11 is 0. The summed E-state index contributed by atoms with van der Waals surface area (Å²) < 4.78 is 0. The maximum Gasteiger partial charge on any atom is 0.140 e. The average Bonchev–Trinajstić information content (AvgIpc) is 2.23. The lowest BCUT2D eigenvalue weighted by Gasteiger charge is -2.24. The monoisotopic (exact) mass is 244 g/mol. The predicted molar refractivity (Wildman–Crippen MR) is 72.5 cm³/mol. The highest BCUT2D eigenvalue weighted by Gasteiger charge is 2.08. The molecule has 17 heavy (non-hydrogen) atoms. The van der Waals surface area contributed by atoms with E-state index in [1.54, 1.807) is 0 Å². The van der Waals surface area contributed by atoms with Crippen LogP contribution in [0.25, 0.3) is 0 Å². The molecule has 0 aliphatic carbocycles. The second-order valence-corrected chi connectivity index (χ2v) is 5.19. The van der Waals surface area contributed by atoms with Crippen molar-refractivity contribution in [1.29, 1.82) is 0 Å². The van der Waals surface area contributed by atoms with E-state index in [2.05, 4.69) is 42.9 Å². The molecule has 0 amide bonds. The first kappa shape index (κ1) is 16.2. The summed E-state index contributed by atoms with van der Waals surface area (Å²) in [5.41, 5.74) is 5.49.